The van der Waals surface area contributed by atoms with Gasteiger partial charge in [0.05, 0.1) is 32.6 Å². The van der Waals surface area contributed by atoms with Gasteiger partial charge in [0.1, 0.15) is 0 Å². The fourth-order valence-electron chi connectivity index (χ4n) is 3.25. The second kappa shape index (κ2) is 10.1. The Bertz CT molecular complexity index is 840. The van der Waals surface area contributed by atoms with E-state index in [0.29, 0.717) is 44.3 Å². The van der Waals surface area contributed by atoms with Gasteiger partial charge in [-0.25, -0.2) is 5.43 Å². The number of ether oxygens (including phenoxy) is 2. The lowest BCUT2D eigenvalue weighted by molar-refractivity contribution is 0.121. The zero-order valence-electron chi connectivity index (χ0n) is 17.2. The van der Waals surface area contributed by atoms with E-state index in [1.54, 1.807) is 6.21 Å². The first-order valence-electron chi connectivity index (χ1n) is 10.2. The molecular formula is C21H27N7O2. The molecule has 4 rings (SSSR count). The highest BCUT2D eigenvalue weighted by atomic mass is 16.5. The minimum atomic E-state index is 0.428. The Balaban J connectivity index is 1.51. The van der Waals surface area contributed by atoms with Crippen molar-refractivity contribution in [3.63, 3.8) is 0 Å². The first-order chi connectivity index (χ1) is 14.8. The monoisotopic (exact) mass is 409 g/mol. The third-order valence-corrected chi connectivity index (χ3v) is 4.83. The number of nitrogens with one attached hydrogen (secondary N) is 1. The van der Waals surface area contributed by atoms with E-state index in [1.807, 2.05) is 25.1 Å². The van der Waals surface area contributed by atoms with E-state index in [-0.39, 0.29) is 0 Å². The van der Waals surface area contributed by atoms with Crippen LogP contribution in [0.25, 0.3) is 6.08 Å². The molecule has 0 amide bonds. The van der Waals surface area contributed by atoms with Gasteiger partial charge in [0.25, 0.3) is 0 Å². The number of rotatable bonds is 6. The van der Waals surface area contributed by atoms with Gasteiger partial charge in [-0.05, 0) is 18.1 Å². The molecule has 1 aromatic heterocycles. The standard InChI is InChI=1S/C21H27N7O2/c1-17(15-18-5-3-2-4-6-18)16-22-26-19-23-20(27-7-11-29-12-8-27)25-21(24-19)28-9-13-30-14-10-28/h2-6,15-16H,7-14H2,1H3,(H,23,24,25,26)/b17-15-,22-16?. The summed E-state index contributed by atoms with van der Waals surface area (Å²) in [5, 5.41) is 4.33. The second-order valence-electron chi connectivity index (χ2n) is 7.13. The number of morpholine rings is 2. The molecule has 1 N–H and O–H groups in total. The highest BCUT2D eigenvalue weighted by molar-refractivity contribution is 5.85. The predicted octanol–water partition coefficient (Wildman–Crippen LogP) is 2.05. The van der Waals surface area contributed by atoms with Gasteiger partial charge in [-0.15, -0.1) is 0 Å². The van der Waals surface area contributed by atoms with Crippen molar-refractivity contribution >= 4 is 30.1 Å². The van der Waals surface area contributed by atoms with Crippen LogP contribution in [0.5, 0.6) is 0 Å². The summed E-state index contributed by atoms with van der Waals surface area (Å²) in [7, 11) is 0. The van der Waals surface area contributed by atoms with Gasteiger partial charge in [-0.3, -0.25) is 0 Å². The fourth-order valence-corrected chi connectivity index (χ4v) is 3.25. The number of hydrazone groups is 1. The van der Waals surface area contributed by atoms with Crippen molar-refractivity contribution in [2.75, 3.05) is 67.8 Å². The van der Waals surface area contributed by atoms with Crippen LogP contribution < -0.4 is 15.2 Å². The van der Waals surface area contributed by atoms with Gasteiger partial charge in [0.2, 0.25) is 17.8 Å². The van der Waals surface area contributed by atoms with Crippen molar-refractivity contribution < 1.29 is 9.47 Å². The van der Waals surface area contributed by atoms with E-state index < -0.39 is 0 Å². The molecule has 2 aliphatic rings. The number of anilines is 3. The zero-order valence-corrected chi connectivity index (χ0v) is 17.2. The van der Waals surface area contributed by atoms with Gasteiger partial charge in [-0.1, -0.05) is 36.4 Å². The Morgan fingerprint density at radius 1 is 0.900 bits per heavy atom. The molecule has 1 aromatic carbocycles. The third-order valence-electron chi connectivity index (χ3n) is 4.83. The topological polar surface area (TPSA) is 88.0 Å². The molecule has 9 heteroatoms. The predicted molar refractivity (Wildman–Crippen MR) is 118 cm³/mol. The lowest BCUT2D eigenvalue weighted by Crippen LogP contribution is -2.40. The van der Waals surface area contributed by atoms with E-state index in [4.69, 9.17) is 14.5 Å². The number of allylic oxidation sites excluding steroid dienone is 1. The first kappa shape index (κ1) is 20.2. The maximum absolute atomic E-state index is 5.45. The Labute approximate surface area is 176 Å². The Morgan fingerprint density at radius 2 is 1.47 bits per heavy atom. The zero-order chi connectivity index (χ0) is 20.6. The molecule has 2 saturated heterocycles. The molecule has 0 unspecified atom stereocenters. The lowest BCUT2D eigenvalue weighted by Gasteiger charge is -2.30. The molecular weight excluding hydrogens is 382 g/mol. The molecule has 3 heterocycles. The average molecular weight is 409 g/mol. The second-order valence-corrected chi connectivity index (χ2v) is 7.13. The largest absolute Gasteiger partial charge is 0.378 e. The molecule has 0 aliphatic carbocycles. The lowest BCUT2D eigenvalue weighted by atomic mass is 10.1. The van der Waals surface area contributed by atoms with Crippen molar-refractivity contribution in [2.24, 2.45) is 5.10 Å². The quantitative estimate of drug-likeness (QED) is 0.573. The van der Waals surface area contributed by atoms with Gasteiger partial charge in [0, 0.05) is 26.2 Å². The summed E-state index contributed by atoms with van der Waals surface area (Å²) in [6.07, 6.45) is 3.83. The van der Waals surface area contributed by atoms with Crippen molar-refractivity contribution in [1.29, 1.82) is 0 Å². The molecule has 0 bridgehead atoms. The third kappa shape index (κ3) is 5.52. The fraction of sp³-hybridized carbons (Fsp3) is 0.429. The number of hydrogen-bond acceptors (Lipinski definition) is 9. The van der Waals surface area contributed by atoms with Crippen LogP contribution in [0.1, 0.15) is 12.5 Å². The van der Waals surface area contributed by atoms with E-state index in [0.717, 1.165) is 37.3 Å². The van der Waals surface area contributed by atoms with E-state index in [2.05, 4.69) is 48.5 Å². The summed E-state index contributed by atoms with van der Waals surface area (Å²) in [4.78, 5) is 18.1. The first-order valence-corrected chi connectivity index (χ1v) is 10.2. The van der Waals surface area contributed by atoms with Crippen LogP contribution in [0.2, 0.25) is 0 Å². The Morgan fingerprint density at radius 3 is 2.03 bits per heavy atom. The van der Waals surface area contributed by atoms with Crippen LogP contribution in [0, 0.1) is 0 Å². The minimum Gasteiger partial charge on any atom is -0.378 e. The van der Waals surface area contributed by atoms with E-state index >= 15 is 0 Å². The van der Waals surface area contributed by atoms with E-state index in [9.17, 15) is 0 Å². The van der Waals surface area contributed by atoms with Crippen molar-refractivity contribution in [1.82, 2.24) is 15.0 Å². The van der Waals surface area contributed by atoms with Crippen molar-refractivity contribution in [3.05, 3.63) is 41.5 Å². The van der Waals surface area contributed by atoms with Gasteiger partial charge in [-0.2, -0.15) is 20.1 Å². The number of benzene rings is 1. The summed E-state index contributed by atoms with van der Waals surface area (Å²) in [6, 6.07) is 10.1. The van der Waals surface area contributed by atoms with Gasteiger partial charge >= 0.3 is 0 Å². The highest BCUT2D eigenvalue weighted by Crippen LogP contribution is 2.18. The maximum Gasteiger partial charge on any atom is 0.250 e. The summed E-state index contributed by atoms with van der Waals surface area (Å²) in [6.45, 7) is 7.71. The summed E-state index contributed by atoms with van der Waals surface area (Å²) >= 11 is 0. The molecule has 0 atom stereocenters. The normalized spacial score (nSPS) is 18.1. The minimum absolute atomic E-state index is 0.428. The molecule has 0 radical (unpaired) electrons. The van der Waals surface area contributed by atoms with Crippen LogP contribution in [-0.4, -0.2) is 73.8 Å². The Kier molecular flexibility index (Phi) is 6.83. The van der Waals surface area contributed by atoms with Gasteiger partial charge in [0.15, 0.2) is 0 Å². The SMILES string of the molecule is C/C(C=NNc1nc(N2CCOCC2)nc(N2CCOCC2)n1)=C/c1ccccc1. The number of aromatic nitrogens is 3. The molecule has 0 saturated carbocycles. The summed E-state index contributed by atoms with van der Waals surface area (Å²) in [5.74, 6) is 1.71. The van der Waals surface area contributed by atoms with Crippen LogP contribution >= 0.6 is 0 Å². The van der Waals surface area contributed by atoms with Crippen LogP contribution in [0.15, 0.2) is 41.0 Å². The number of nitrogens with zero attached hydrogens (tertiary/aromatic N) is 6. The van der Waals surface area contributed by atoms with Crippen molar-refractivity contribution in [2.45, 2.75) is 6.92 Å². The van der Waals surface area contributed by atoms with Gasteiger partial charge < -0.3 is 19.3 Å². The molecule has 0 spiro atoms. The molecule has 2 aliphatic heterocycles. The van der Waals surface area contributed by atoms with Crippen LogP contribution in [-0.2, 0) is 9.47 Å². The molecule has 30 heavy (non-hydrogen) atoms. The molecule has 158 valence electrons. The summed E-state index contributed by atoms with van der Waals surface area (Å²) < 4.78 is 10.9. The summed E-state index contributed by atoms with van der Waals surface area (Å²) in [5.41, 5.74) is 5.12. The van der Waals surface area contributed by atoms with Crippen LogP contribution in [0.3, 0.4) is 0 Å². The van der Waals surface area contributed by atoms with Crippen molar-refractivity contribution in [3.8, 4) is 0 Å². The molecule has 9 nitrogen and oxygen atoms in total. The van der Waals surface area contributed by atoms with Crippen LogP contribution in [0.4, 0.5) is 17.8 Å². The number of hydrogen-bond donors (Lipinski definition) is 1. The molecule has 2 fully saturated rings. The van der Waals surface area contributed by atoms with E-state index in [1.165, 1.54) is 0 Å². The molecule has 2 aromatic rings. The smallest absolute Gasteiger partial charge is 0.250 e. The average Bonchev–Trinajstić information content (AvgIpc) is 2.81. The highest BCUT2D eigenvalue weighted by Gasteiger charge is 2.20. The Hall–Kier alpha value is -3.04. The maximum atomic E-state index is 5.45.